The average molecular weight is 575 g/mol. The van der Waals surface area contributed by atoms with Crippen LogP contribution in [0.2, 0.25) is 0 Å². The van der Waals surface area contributed by atoms with Crippen molar-refractivity contribution in [1.82, 2.24) is 14.9 Å². The van der Waals surface area contributed by atoms with Gasteiger partial charge in [0.2, 0.25) is 5.91 Å². The van der Waals surface area contributed by atoms with E-state index in [1.807, 2.05) is 69.4 Å². The van der Waals surface area contributed by atoms with E-state index in [2.05, 4.69) is 77.5 Å². The van der Waals surface area contributed by atoms with Crippen LogP contribution in [0.15, 0.2) is 89.7 Å². The maximum absolute atomic E-state index is 12.3. The van der Waals surface area contributed by atoms with E-state index in [-0.39, 0.29) is 23.9 Å². The molecule has 188 valence electrons. The molecule has 3 heterocycles. The lowest BCUT2D eigenvalue weighted by Crippen LogP contribution is -2.30. The summed E-state index contributed by atoms with van der Waals surface area (Å²) in [5, 5.41) is 7.18. The van der Waals surface area contributed by atoms with Gasteiger partial charge in [0.15, 0.2) is 5.11 Å². The molecule has 0 spiro atoms. The number of hydrogen-bond donors (Lipinski definition) is 2. The third-order valence-corrected chi connectivity index (χ3v) is 7.40. The molecule has 0 bridgehead atoms. The number of amides is 1. The summed E-state index contributed by atoms with van der Waals surface area (Å²) >= 11 is 9.45. The summed E-state index contributed by atoms with van der Waals surface area (Å²) in [6.07, 6.45) is 3.88. The van der Waals surface area contributed by atoms with Gasteiger partial charge in [0, 0.05) is 45.5 Å². The maximum Gasteiger partial charge on any atom is 0.226 e. The maximum atomic E-state index is 12.3. The minimum absolute atomic E-state index is 0.00497. The highest BCUT2D eigenvalue weighted by molar-refractivity contribution is 9.10. The topological polar surface area (TPSA) is 62.2 Å². The van der Waals surface area contributed by atoms with Crippen molar-refractivity contribution in [2.45, 2.75) is 32.9 Å². The minimum Gasteiger partial charge on any atom is -0.351 e. The van der Waals surface area contributed by atoms with Crippen LogP contribution < -0.4 is 15.5 Å². The van der Waals surface area contributed by atoms with Gasteiger partial charge in [-0.15, -0.1) is 0 Å². The summed E-state index contributed by atoms with van der Waals surface area (Å²) in [4.78, 5) is 19.1. The van der Waals surface area contributed by atoms with Gasteiger partial charge in [-0.1, -0.05) is 35.8 Å². The Bertz CT molecular complexity index is 1430. The quantitative estimate of drug-likeness (QED) is 0.251. The lowest BCUT2D eigenvalue weighted by molar-refractivity contribution is -0.118. The van der Waals surface area contributed by atoms with Crippen LogP contribution in [0.25, 0.3) is 5.69 Å². The van der Waals surface area contributed by atoms with E-state index in [1.54, 1.807) is 0 Å². The van der Waals surface area contributed by atoms with Crippen LogP contribution in [0, 0.1) is 12.8 Å². The van der Waals surface area contributed by atoms with Crippen LogP contribution in [0.4, 0.5) is 11.4 Å². The first-order chi connectivity index (χ1) is 17.8. The molecule has 1 fully saturated rings. The Morgan fingerprint density at radius 1 is 1.05 bits per heavy atom. The fourth-order valence-corrected chi connectivity index (χ4v) is 5.23. The fraction of sp³-hybridized carbons (Fsp3) is 0.207. The zero-order chi connectivity index (χ0) is 26.1. The number of thiocarbonyl (C=S) groups is 1. The standard InChI is InChI=1S/C29H28BrN5OS/c1-18(2)28(36)32-23-14-13-22(17-19(23)3)35-27(26(33-29(35)37)24-7-4-5-15-31-24)25-8-6-16-34(25)21-11-9-20(30)10-12-21/h4-18,26-27H,1-3H3,(H,32,36)(H,33,37)/t26-,27-/m1/s1. The van der Waals surface area contributed by atoms with Crippen LogP contribution in [0.3, 0.4) is 0 Å². The Hall–Kier alpha value is -3.49. The van der Waals surface area contributed by atoms with Crippen LogP contribution in [-0.4, -0.2) is 20.6 Å². The molecule has 2 N–H and O–H groups in total. The second-order valence-corrected chi connectivity index (χ2v) is 10.7. The molecule has 8 heteroatoms. The zero-order valence-electron chi connectivity index (χ0n) is 20.9. The number of aryl methyl sites for hydroxylation is 1. The van der Waals surface area contributed by atoms with Crippen molar-refractivity contribution in [3.05, 3.63) is 107 Å². The lowest BCUT2D eigenvalue weighted by atomic mass is 10.00. The molecule has 0 unspecified atom stereocenters. The normalized spacial score (nSPS) is 17.2. The van der Waals surface area contributed by atoms with Crippen molar-refractivity contribution in [3.8, 4) is 5.69 Å². The number of benzene rings is 2. The van der Waals surface area contributed by atoms with Gasteiger partial charge in [-0.05, 0) is 91.4 Å². The molecular formula is C29H28BrN5OS. The van der Waals surface area contributed by atoms with Gasteiger partial charge in [0.1, 0.15) is 6.04 Å². The lowest BCUT2D eigenvalue weighted by Gasteiger charge is -2.29. The molecule has 2 atom stereocenters. The summed E-state index contributed by atoms with van der Waals surface area (Å²) in [6.45, 7) is 5.77. The predicted molar refractivity (Wildman–Crippen MR) is 156 cm³/mol. The van der Waals surface area contributed by atoms with Gasteiger partial charge in [-0.2, -0.15) is 0 Å². The average Bonchev–Trinajstić information content (AvgIpc) is 3.50. The molecule has 4 aromatic rings. The zero-order valence-corrected chi connectivity index (χ0v) is 23.3. The number of nitrogens with one attached hydrogen (secondary N) is 2. The first kappa shape index (κ1) is 25.2. The van der Waals surface area contributed by atoms with Crippen LogP contribution in [-0.2, 0) is 4.79 Å². The first-order valence-electron chi connectivity index (χ1n) is 12.2. The van der Waals surface area contributed by atoms with Crippen molar-refractivity contribution in [3.63, 3.8) is 0 Å². The smallest absolute Gasteiger partial charge is 0.226 e. The summed E-state index contributed by atoms with van der Waals surface area (Å²) in [5.74, 6) is -0.0982. The Morgan fingerprint density at radius 3 is 2.49 bits per heavy atom. The highest BCUT2D eigenvalue weighted by Gasteiger charge is 2.42. The van der Waals surface area contributed by atoms with E-state index in [9.17, 15) is 4.79 Å². The molecule has 6 nitrogen and oxygen atoms in total. The van der Waals surface area contributed by atoms with E-state index >= 15 is 0 Å². The number of pyridine rings is 1. The predicted octanol–water partition coefficient (Wildman–Crippen LogP) is 6.71. The molecule has 37 heavy (non-hydrogen) atoms. The number of anilines is 2. The highest BCUT2D eigenvalue weighted by atomic mass is 79.9. The molecule has 1 aliphatic heterocycles. The third kappa shape index (κ3) is 5.04. The summed E-state index contributed by atoms with van der Waals surface area (Å²) in [7, 11) is 0. The van der Waals surface area contributed by atoms with Gasteiger partial charge < -0.3 is 20.1 Å². The molecular weight excluding hydrogens is 546 g/mol. The highest BCUT2D eigenvalue weighted by Crippen LogP contribution is 2.43. The van der Waals surface area contributed by atoms with Gasteiger partial charge in [-0.25, -0.2) is 0 Å². The van der Waals surface area contributed by atoms with E-state index < -0.39 is 0 Å². The number of halogens is 1. The van der Waals surface area contributed by atoms with E-state index in [0.29, 0.717) is 5.11 Å². The second-order valence-electron chi connectivity index (χ2n) is 9.42. The molecule has 0 radical (unpaired) electrons. The number of rotatable bonds is 6. The van der Waals surface area contributed by atoms with Crippen LogP contribution >= 0.6 is 28.1 Å². The Morgan fingerprint density at radius 2 is 1.81 bits per heavy atom. The third-order valence-electron chi connectivity index (χ3n) is 6.56. The Balaban J connectivity index is 1.59. The van der Waals surface area contributed by atoms with Crippen molar-refractivity contribution < 1.29 is 4.79 Å². The molecule has 0 aliphatic carbocycles. The molecule has 2 aromatic carbocycles. The Kier molecular flexibility index (Phi) is 7.13. The molecule has 0 saturated carbocycles. The van der Waals surface area contributed by atoms with Gasteiger partial charge in [0.25, 0.3) is 0 Å². The van der Waals surface area contributed by atoms with Gasteiger partial charge >= 0.3 is 0 Å². The van der Waals surface area contributed by atoms with Gasteiger partial charge in [0.05, 0.1) is 11.7 Å². The van der Waals surface area contributed by atoms with E-state index in [1.165, 1.54) is 0 Å². The van der Waals surface area contributed by atoms with Crippen molar-refractivity contribution in [2.24, 2.45) is 5.92 Å². The van der Waals surface area contributed by atoms with E-state index in [4.69, 9.17) is 12.2 Å². The number of carbonyl (C=O) groups is 1. The number of nitrogens with zero attached hydrogens (tertiary/aromatic N) is 3. The minimum atomic E-state index is -0.156. The summed E-state index contributed by atoms with van der Waals surface area (Å²) in [5.41, 5.74) is 5.78. The number of aromatic nitrogens is 2. The molecule has 5 rings (SSSR count). The van der Waals surface area contributed by atoms with Crippen LogP contribution in [0.1, 0.15) is 42.9 Å². The number of hydrogen-bond acceptors (Lipinski definition) is 3. The summed E-state index contributed by atoms with van der Waals surface area (Å²) < 4.78 is 3.22. The van der Waals surface area contributed by atoms with Crippen LogP contribution in [0.5, 0.6) is 0 Å². The van der Waals surface area contributed by atoms with Crippen molar-refractivity contribution >= 4 is 50.5 Å². The second kappa shape index (κ2) is 10.5. The van der Waals surface area contributed by atoms with Crippen molar-refractivity contribution in [2.75, 3.05) is 10.2 Å². The first-order valence-corrected chi connectivity index (χ1v) is 13.4. The largest absolute Gasteiger partial charge is 0.351 e. The molecule has 1 amide bonds. The van der Waals surface area contributed by atoms with Gasteiger partial charge in [-0.3, -0.25) is 9.78 Å². The molecule has 1 aliphatic rings. The van der Waals surface area contributed by atoms with E-state index in [0.717, 1.165) is 38.5 Å². The molecule has 1 saturated heterocycles. The molecule has 2 aromatic heterocycles. The Labute approximate surface area is 230 Å². The number of carbonyl (C=O) groups excluding carboxylic acids is 1. The monoisotopic (exact) mass is 573 g/mol. The fourth-order valence-electron chi connectivity index (χ4n) is 4.62. The SMILES string of the molecule is Cc1cc(N2C(=S)N[C@H](c3ccccn3)[C@H]2c2cccn2-c2ccc(Br)cc2)ccc1NC(=O)C(C)C. The summed E-state index contributed by atoms with van der Waals surface area (Å²) in [6, 6.07) is 24.1. The van der Waals surface area contributed by atoms with Crippen molar-refractivity contribution in [1.29, 1.82) is 0 Å².